The fourth-order valence-electron chi connectivity index (χ4n) is 5.92. The van der Waals surface area contributed by atoms with Gasteiger partial charge >= 0.3 is 6.09 Å². The minimum Gasteiger partial charge on any atom is -0.493 e. The van der Waals surface area contributed by atoms with E-state index < -0.39 is 0 Å². The number of carbonyl (C=O) groups excluding carboxylic acids is 1. The van der Waals surface area contributed by atoms with Gasteiger partial charge in [0, 0.05) is 11.6 Å². The summed E-state index contributed by atoms with van der Waals surface area (Å²) in [4.78, 5) is 15.3. The average molecular weight is 497 g/mol. The normalized spacial score (nSPS) is 26.5. The zero-order chi connectivity index (χ0) is 24.7. The van der Waals surface area contributed by atoms with Gasteiger partial charge < -0.3 is 14.8 Å². The Kier molecular flexibility index (Phi) is 6.75. The van der Waals surface area contributed by atoms with Crippen molar-refractivity contribution >= 4 is 17.7 Å². The van der Waals surface area contributed by atoms with Crippen LogP contribution in [-0.2, 0) is 11.2 Å². The van der Waals surface area contributed by atoms with Crippen LogP contribution < -0.4 is 10.1 Å². The van der Waals surface area contributed by atoms with Crippen molar-refractivity contribution in [2.24, 2.45) is 17.3 Å². The van der Waals surface area contributed by atoms with Gasteiger partial charge in [0.1, 0.15) is 11.9 Å². The maximum absolute atomic E-state index is 12.9. The second kappa shape index (κ2) is 9.67. The van der Waals surface area contributed by atoms with Gasteiger partial charge in [-0.2, -0.15) is 0 Å². The number of benzene rings is 2. The first-order valence-electron chi connectivity index (χ1n) is 12.9. The zero-order valence-corrected chi connectivity index (χ0v) is 22.0. The number of nitrogens with zero attached hydrogens (tertiary/aromatic N) is 1. The molecule has 0 spiro atoms. The standard InChI is InChI=1S/C29H37ClN2O3/c1-18(2)17-34-24-13-21(12-23(30)14-24)20-5-6-25-22(11-20)15-29(3,4)27(25)31-28(33)35-26-16-32-9-7-19(26)8-10-32/h5-6,11-14,18-19,26-27H,7-10,15-17H2,1-4H3,(H,31,33)/t26-,27-/m0/s1. The lowest BCUT2D eigenvalue weighted by Gasteiger charge is -2.44. The summed E-state index contributed by atoms with van der Waals surface area (Å²) in [6, 6.07) is 12.3. The molecule has 0 saturated carbocycles. The first-order valence-corrected chi connectivity index (χ1v) is 13.3. The summed E-state index contributed by atoms with van der Waals surface area (Å²) >= 11 is 6.42. The maximum atomic E-state index is 12.9. The van der Waals surface area contributed by atoms with E-state index in [1.165, 1.54) is 11.1 Å². The number of nitrogens with one attached hydrogen (secondary N) is 1. The van der Waals surface area contributed by atoms with E-state index in [0.717, 1.165) is 55.8 Å². The quantitative estimate of drug-likeness (QED) is 0.497. The lowest BCUT2D eigenvalue weighted by molar-refractivity contribution is -0.0348. The highest BCUT2D eigenvalue weighted by Gasteiger charge is 2.42. The highest BCUT2D eigenvalue weighted by Crippen LogP contribution is 2.46. The van der Waals surface area contributed by atoms with Gasteiger partial charge in [0.15, 0.2) is 0 Å². The Morgan fingerprint density at radius 3 is 2.60 bits per heavy atom. The summed E-state index contributed by atoms with van der Waals surface area (Å²) in [6.07, 6.45) is 2.87. The molecule has 188 valence electrons. The molecule has 2 aromatic carbocycles. The average Bonchev–Trinajstić information content (AvgIpc) is 3.06. The molecule has 3 aliphatic heterocycles. The molecule has 0 aromatic heterocycles. The molecule has 35 heavy (non-hydrogen) atoms. The van der Waals surface area contributed by atoms with Crippen LogP contribution in [0.25, 0.3) is 11.1 Å². The van der Waals surface area contributed by atoms with Crippen LogP contribution in [0.3, 0.4) is 0 Å². The van der Waals surface area contributed by atoms with Crippen molar-refractivity contribution in [3.8, 4) is 16.9 Å². The molecule has 4 aliphatic rings. The van der Waals surface area contributed by atoms with Crippen LogP contribution in [0.15, 0.2) is 36.4 Å². The molecule has 3 fully saturated rings. The van der Waals surface area contributed by atoms with E-state index in [4.69, 9.17) is 21.1 Å². The van der Waals surface area contributed by atoms with E-state index >= 15 is 0 Å². The Bertz CT molecular complexity index is 1090. The smallest absolute Gasteiger partial charge is 0.407 e. The summed E-state index contributed by atoms with van der Waals surface area (Å²) in [5, 5.41) is 3.88. The monoisotopic (exact) mass is 496 g/mol. The zero-order valence-electron chi connectivity index (χ0n) is 21.3. The summed E-state index contributed by atoms with van der Waals surface area (Å²) in [7, 11) is 0. The van der Waals surface area contributed by atoms with Crippen molar-refractivity contribution in [2.45, 2.75) is 59.1 Å². The highest BCUT2D eigenvalue weighted by atomic mass is 35.5. The van der Waals surface area contributed by atoms with Gasteiger partial charge in [-0.05, 0) is 90.1 Å². The van der Waals surface area contributed by atoms with E-state index in [1.807, 2.05) is 12.1 Å². The molecular formula is C29H37ClN2O3. The fourth-order valence-corrected chi connectivity index (χ4v) is 6.14. The summed E-state index contributed by atoms with van der Waals surface area (Å²) < 4.78 is 11.9. The van der Waals surface area contributed by atoms with Crippen LogP contribution in [0.5, 0.6) is 5.75 Å². The predicted octanol–water partition coefficient (Wildman–Crippen LogP) is 6.49. The second-order valence-electron chi connectivity index (χ2n) is 11.6. The number of piperidine rings is 3. The van der Waals surface area contributed by atoms with Gasteiger partial charge in [-0.25, -0.2) is 4.79 Å². The number of rotatable bonds is 6. The third kappa shape index (κ3) is 5.31. The molecular weight excluding hydrogens is 460 g/mol. The number of amides is 1. The molecule has 6 rings (SSSR count). The lowest BCUT2D eigenvalue weighted by Crippen LogP contribution is -2.53. The van der Waals surface area contributed by atoms with Gasteiger partial charge in [0.05, 0.1) is 12.6 Å². The number of ether oxygens (including phenoxy) is 2. The molecule has 1 aliphatic carbocycles. The summed E-state index contributed by atoms with van der Waals surface area (Å²) in [5.74, 6) is 1.74. The van der Waals surface area contributed by atoms with Crippen LogP contribution in [0.1, 0.15) is 57.7 Å². The van der Waals surface area contributed by atoms with Crippen molar-refractivity contribution in [2.75, 3.05) is 26.2 Å². The number of fused-ring (bicyclic) bond motifs is 4. The molecule has 3 saturated heterocycles. The van der Waals surface area contributed by atoms with E-state index in [0.29, 0.717) is 23.5 Å². The van der Waals surface area contributed by atoms with Gasteiger partial charge in [0.2, 0.25) is 0 Å². The van der Waals surface area contributed by atoms with E-state index in [-0.39, 0.29) is 23.7 Å². The van der Waals surface area contributed by atoms with Crippen molar-refractivity contribution in [1.29, 1.82) is 0 Å². The van der Waals surface area contributed by atoms with Crippen molar-refractivity contribution in [3.63, 3.8) is 0 Å². The fraction of sp³-hybridized carbons (Fsp3) is 0.552. The Labute approximate surface area is 214 Å². The number of hydrogen-bond donors (Lipinski definition) is 1. The Morgan fingerprint density at radius 1 is 1.14 bits per heavy atom. The largest absolute Gasteiger partial charge is 0.493 e. The topological polar surface area (TPSA) is 50.8 Å². The van der Waals surface area contributed by atoms with Crippen molar-refractivity contribution < 1.29 is 14.3 Å². The third-order valence-electron chi connectivity index (χ3n) is 7.79. The highest BCUT2D eigenvalue weighted by molar-refractivity contribution is 6.31. The Hall–Kier alpha value is -2.24. The number of carbonyl (C=O) groups is 1. The minimum absolute atomic E-state index is 0.0128. The maximum Gasteiger partial charge on any atom is 0.407 e. The lowest BCUT2D eigenvalue weighted by atomic mass is 9.85. The van der Waals surface area contributed by atoms with Crippen LogP contribution in [0.4, 0.5) is 4.79 Å². The van der Waals surface area contributed by atoms with Crippen LogP contribution in [0, 0.1) is 17.3 Å². The Balaban J connectivity index is 1.32. The van der Waals surface area contributed by atoms with Crippen LogP contribution in [0.2, 0.25) is 5.02 Å². The molecule has 2 aromatic rings. The van der Waals surface area contributed by atoms with Gasteiger partial charge in [-0.1, -0.05) is 57.5 Å². The third-order valence-corrected chi connectivity index (χ3v) is 8.00. The van der Waals surface area contributed by atoms with E-state index in [9.17, 15) is 4.79 Å². The first kappa shape index (κ1) is 24.5. The van der Waals surface area contributed by atoms with E-state index in [2.05, 4.69) is 62.2 Å². The van der Waals surface area contributed by atoms with Gasteiger partial charge in [-0.15, -0.1) is 0 Å². The van der Waals surface area contributed by atoms with Crippen LogP contribution in [-0.4, -0.2) is 43.3 Å². The van der Waals surface area contributed by atoms with Crippen molar-refractivity contribution in [1.82, 2.24) is 10.2 Å². The predicted molar refractivity (Wildman–Crippen MR) is 140 cm³/mol. The minimum atomic E-state index is -0.291. The first-order chi connectivity index (χ1) is 16.7. The van der Waals surface area contributed by atoms with Crippen molar-refractivity contribution in [3.05, 3.63) is 52.5 Å². The number of halogens is 1. The summed E-state index contributed by atoms with van der Waals surface area (Å²) in [5.41, 5.74) is 4.46. The number of alkyl carbamates (subject to hydrolysis) is 1. The van der Waals surface area contributed by atoms with Gasteiger partial charge in [-0.3, -0.25) is 4.90 Å². The molecule has 6 heteroatoms. The van der Waals surface area contributed by atoms with E-state index in [1.54, 1.807) is 0 Å². The molecule has 0 radical (unpaired) electrons. The molecule has 2 bridgehead atoms. The van der Waals surface area contributed by atoms with Gasteiger partial charge in [0.25, 0.3) is 0 Å². The Morgan fingerprint density at radius 2 is 1.91 bits per heavy atom. The molecule has 1 N–H and O–H groups in total. The summed E-state index contributed by atoms with van der Waals surface area (Å²) in [6.45, 7) is 12.5. The second-order valence-corrected chi connectivity index (χ2v) is 12.1. The SMILES string of the molecule is CC(C)COc1cc(Cl)cc(-c2ccc3c(c2)CC(C)(C)[C@H]3NC(=O)O[C@H]2CN3CCC2CC3)c1. The molecule has 2 atom stereocenters. The molecule has 1 amide bonds. The molecule has 0 unspecified atom stereocenters. The van der Waals surface area contributed by atoms with Crippen LogP contribution >= 0.6 is 11.6 Å². The number of hydrogen-bond acceptors (Lipinski definition) is 4. The molecule has 5 nitrogen and oxygen atoms in total. The molecule has 3 heterocycles.